The maximum absolute atomic E-state index is 12.0. The van der Waals surface area contributed by atoms with Gasteiger partial charge in [-0.2, -0.15) is 0 Å². The summed E-state index contributed by atoms with van der Waals surface area (Å²) in [5.41, 5.74) is 0.861. The van der Waals surface area contributed by atoms with Crippen LogP contribution >= 0.6 is 0 Å². The average Bonchev–Trinajstić information content (AvgIpc) is 2.40. The van der Waals surface area contributed by atoms with E-state index in [2.05, 4.69) is 4.74 Å². The lowest BCUT2D eigenvalue weighted by Crippen LogP contribution is -2.46. The molecule has 0 amide bonds. The Kier molecular flexibility index (Phi) is 4.85. The summed E-state index contributed by atoms with van der Waals surface area (Å²) in [6.07, 6.45) is -4.67. The standard InChI is InChI=1S/C13H16F3NO3/c14-13(15,16)20-12-3-1-10(2-4-12)7-17-5-6-19-9-11(17)8-18/h1-4,11,18H,5-9H2. The van der Waals surface area contributed by atoms with Gasteiger partial charge >= 0.3 is 6.36 Å². The van der Waals surface area contributed by atoms with E-state index >= 15 is 0 Å². The van der Waals surface area contributed by atoms with E-state index in [1.54, 1.807) is 12.1 Å². The van der Waals surface area contributed by atoms with Crippen LogP contribution in [0.5, 0.6) is 5.75 Å². The van der Waals surface area contributed by atoms with Gasteiger partial charge in [0.15, 0.2) is 0 Å². The van der Waals surface area contributed by atoms with Crippen LogP contribution in [0.15, 0.2) is 24.3 Å². The van der Waals surface area contributed by atoms with Crippen LogP contribution in [0.2, 0.25) is 0 Å². The van der Waals surface area contributed by atoms with Gasteiger partial charge < -0.3 is 14.6 Å². The molecule has 0 spiro atoms. The number of rotatable bonds is 4. The molecule has 1 unspecified atom stereocenters. The Morgan fingerprint density at radius 1 is 1.30 bits per heavy atom. The van der Waals surface area contributed by atoms with Gasteiger partial charge in [0.05, 0.1) is 25.9 Å². The van der Waals surface area contributed by atoms with Crippen molar-refractivity contribution in [3.05, 3.63) is 29.8 Å². The smallest absolute Gasteiger partial charge is 0.406 e. The highest BCUT2D eigenvalue weighted by molar-refractivity contribution is 5.27. The highest BCUT2D eigenvalue weighted by atomic mass is 19.4. The van der Waals surface area contributed by atoms with Crippen LogP contribution in [-0.4, -0.2) is 48.8 Å². The molecule has 112 valence electrons. The van der Waals surface area contributed by atoms with E-state index < -0.39 is 6.36 Å². The van der Waals surface area contributed by atoms with Crippen LogP contribution in [0.3, 0.4) is 0 Å². The molecule has 4 nitrogen and oxygen atoms in total. The number of benzene rings is 1. The first-order chi connectivity index (χ1) is 9.48. The summed E-state index contributed by atoms with van der Waals surface area (Å²) in [5.74, 6) is -0.234. The van der Waals surface area contributed by atoms with E-state index in [-0.39, 0.29) is 18.4 Å². The Bertz CT molecular complexity index is 422. The molecule has 1 aliphatic rings. The number of ether oxygens (including phenoxy) is 2. The third-order valence-corrected chi connectivity index (χ3v) is 3.10. The number of nitrogens with zero attached hydrogens (tertiary/aromatic N) is 1. The molecule has 0 saturated carbocycles. The van der Waals surface area contributed by atoms with Crippen molar-refractivity contribution in [3.8, 4) is 5.75 Å². The van der Waals surface area contributed by atoms with Gasteiger partial charge in [-0.05, 0) is 17.7 Å². The van der Waals surface area contributed by atoms with E-state index in [9.17, 15) is 18.3 Å². The predicted octanol–water partition coefficient (Wildman–Crippen LogP) is 1.78. The maximum Gasteiger partial charge on any atom is 0.573 e. The first-order valence-electron chi connectivity index (χ1n) is 6.25. The minimum atomic E-state index is -4.67. The van der Waals surface area contributed by atoms with Gasteiger partial charge in [-0.15, -0.1) is 13.2 Å². The number of hydrogen-bond donors (Lipinski definition) is 1. The van der Waals surface area contributed by atoms with Gasteiger partial charge in [0.25, 0.3) is 0 Å². The zero-order valence-electron chi connectivity index (χ0n) is 10.8. The number of aliphatic hydroxyl groups is 1. The molecular formula is C13H16F3NO3. The molecule has 0 aliphatic carbocycles. The maximum atomic E-state index is 12.0. The molecule has 0 bridgehead atoms. The number of alkyl halides is 3. The molecule has 2 rings (SSSR count). The first kappa shape index (κ1) is 15.1. The Balaban J connectivity index is 1.96. The summed E-state index contributed by atoms with van der Waals surface area (Å²) in [4.78, 5) is 2.04. The molecule has 7 heteroatoms. The minimum Gasteiger partial charge on any atom is -0.406 e. The summed E-state index contributed by atoms with van der Waals surface area (Å²) in [5, 5.41) is 9.24. The summed E-state index contributed by atoms with van der Waals surface area (Å²) in [6, 6.07) is 5.68. The van der Waals surface area contributed by atoms with Crippen molar-refractivity contribution in [3.63, 3.8) is 0 Å². The molecule has 1 fully saturated rings. The van der Waals surface area contributed by atoms with Crippen molar-refractivity contribution in [1.29, 1.82) is 0 Å². The van der Waals surface area contributed by atoms with Gasteiger partial charge in [-0.3, -0.25) is 4.90 Å². The normalized spacial score (nSPS) is 20.9. The van der Waals surface area contributed by atoms with Crippen molar-refractivity contribution in [2.75, 3.05) is 26.4 Å². The lowest BCUT2D eigenvalue weighted by atomic mass is 10.1. The molecule has 1 aromatic rings. The van der Waals surface area contributed by atoms with E-state index in [1.807, 2.05) is 4.90 Å². The second-order valence-electron chi connectivity index (χ2n) is 4.57. The first-order valence-corrected chi connectivity index (χ1v) is 6.25. The Labute approximate surface area is 114 Å². The molecule has 0 aromatic heterocycles. The fourth-order valence-electron chi connectivity index (χ4n) is 2.10. The van der Waals surface area contributed by atoms with Gasteiger partial charge in [0.1, 0.15) is 5.75 Å². The van der Waals surface area contributed by atoms with Crippen molar-refractivity contribution in [1.82, 2.24) is 4.90 Å². The molecule has 0 radical (unpaired) electrons. The third-order valence-electron chi connectivity index (χ3n) is 3.10. The molecule has 1 heterocycles. The quantitative estimate of drug-likeness (QED) is 0.918. The lowest BCUT2D eigenvalue weighted by molar-refractivity contribution is -0.274. The number of aliphatic hydroxyl groups excluding tert-OH is 1. The van der Waals surface area contributed by atoms with Crippen molar-refractivity contribution in [2.45, 2.75) is 18.9 Å². The predicted molar refractivity (Wildman–Crippen MR) is 65.2 cm³/mol. The molecule has 1 atom stereocenters. The Morgan fingerprint density at radius 3 is 2.60 bits per heavy atom. The number of halogens is 3. The highest BCUT2D eigenvalue weighted by Crippen LogP contribution is 2.23. The summed E-state index contributed by atoms with van der Waals surface area (Å²) in [7, 11) is 0. The monoisotopic (exact) mass is 291 g/mol. The van der Waals surface area contributed by atoms with E-state index in [0.29, 0.717) is 26.3 Å². The lowest BCUT2D eigenvalue weighted by Gasteiger charge is -2.34. The summed E-state index contributed by atoms with van der Waals surface area (Å²) >= 11 is 0. The van der Waals surface area contributed by atoms with Crippen molar-refractivity contribution in [2.24, 2.45) is 0 Å². The molecule has 20 heavy (non-hydrogen) atoms. The van der Waals surface area contributed by atoms with Crippen LogP contribution in [0.1, 0.15) is 5.56 Å². The molecule has 1 N–H and O–H groups in total. The topological polar surface area (TPSA) is 41.9 Å². The van der Waals surface area contributed by atoms with Crippen molar-refractivity contribution < 1.29 is 27.8 Å². The number of hydrogen-bond acceptors (Lipinski definition) is 4. The molecule has 1 aromatic carbocycles. The van der Waals surface area contributed by atoms with Crippen LogP contribution in [0, 0.1) is 0 Å². The molecular weight excluding hydrogens is 275 g/mol. The van der Waals surface area contributed by atoms with Crippen LogP contribution in [-0.2, 0) is 11.3 Å². The van der Waals surface area contributed by atoms with E-state index in [0.717, 1.165) is 5.56 Å². The van der Waals surface area contributed by atoms with E-state index in [1.165, 1.54) is 12.1 Å². The second kappa shape index (κ2) is 6.43. The van der Waals surface area contributed by atoms with Gasteiger partial charge in [0.2, 0.25) is 0 Å². The highest BCUT2D eigenvalue weighted by Gasteiger charge is 2.31. The van der Waals surface area contributed by atoms with Crippen LogP contribution in [0.4, 0.5) is 13.2 Å². The fourth-order valence-corrected chi connectivity index (χ4v) is 2.10. The van der Waals surface area contributed by atoms with Crippen LogP contribution in [0.25, 0.3) is 0 Å². The zero-order chi connectivity index (χ0) is 14.6. The summed E-state index contributed by atoms with van der Waals surface area (Å²) < 4.78 is 45.2. The van der Waals surface area contributed by atoms with Gasteiger partial charge in [0, 0.05) is 13.1 Å². The van der Waals surface area contributed by atoms with Crippen LogP contribution < -0.4 is 4.74 Å². The second-order valence-corrected chi connectivity index (χ2v) is 4.57. The molecule has 1 aliphatic heterocycles. The van der Waals surface area contributed by atoms with Gasteiger partial charge in [-0.1, -0.05) is 12.1 Å². The largest absolute Gasteiger partial charge is 0.573 e. The van der Waals surface area contributed by atoms with Gasteiger partial charge in [-0.25, -0.2) is 0 Å². The fraction of sp³-hybridized carbons (Fsp3) is 0.538. The average molecular weight is 291 g/mol. The minimum absolute atomic E-state index is 0.00469. The number of morpholine rings is 1. The SMILES string of the molecule is OCC1COCCN1Cc1ccc(OC(F)(F)F)cc1. The Morgan fingerprint density at radius 2 is 2.00 bits per heavy atom. The third kappa shape index (κ3) is 4.36. The summed E-state index contributed by atoms with van der Waals surface area (Å²) in [6.45, 7) is 2.29. The zero-order valence-corrected chi connectivity index (χ0v) is 10.8. The van der Waals surface area contributed by atoms with Crippen molar-refractivity contribution >= 4 is 0 Å². The molecule has 1 saturated heterocycles. The van der Waals surface area contributed by atoms with E-state index in [4.69, 9.17) is 4.74 Å². The Hall–Kier alpha value is -1.31.